The highest BCUT2D eigenvalue weighted by atomic mass is 15.0. The van der Waals surface area contributed by atoms with Crippen LogP contribution in [-0.4, -0.2) is 30.7 Å². The molecule has 4 nitrogen and oxygen atoms in total. The molecule has 1 aliphatic rings. The molecule has 68 valence electrons. The molecule has 0 saturated carbocycles. The van der Waals surface area contributed by atoms with Gasteiger partial charge in [0.15, 0.2) is 0 Å². The summed E-state index contributed by atoms with van der Waals surface area (Å²) in [6, 6.07) is 0. The third-order valence-electron chi connectivity index (χ3n) is 1.89. The summed E-state index contributed by atoms with van der Waals surface area (Å²) in [5.74, 6) is 0.855. The highest BCUT2D eigenvalue weighted by Gasteiger charge is 2.24. The van der Waals surface area contributed by atoms with Crippen molar-refractivity contribution in [3.8, 4) is 0 Å². The van der Waals surface area contributed by atoms with E-state index < -0.39 is 0 Å². The molecule has 4 heteroatoms. The van der Waals surface area contributed by atoms with E-state index in [1.54, 1.807) is 0 Å². The Morgan fingerprint density at radius 3 is 2.75 bits per heavy atom. The lowest BCUT2D eigenvalue weighted by Crippen LogP contribution is -2.25. The fraction of sp³-hybridized carbons (Fsp3) is 0.750. The number of nitrogens with zero attached hydrogens (tertiary/aromatic N) is 2. The van der Waals surface area contributed by atoms with Crippen molar-refractivity contribution >= 4 is 12.1 Å². The molecule has 1 heterocycles. The van der Waals surface area contributed by atoms with Gasteiger partial charge in [0.05, 0.1) is 5.54 Å². The van der Waals surface area contributed by atoms with Crippen LogP contribution in [-0.2, 0) is 0 Å². The molecule has 0 aliphatic carbocycles. The molecule has 1 rings (SSSR count). The molecule has 1 aliphatic heterocycles. The Morgan fingerprint density at radius 1 is 1.42 bits per heavy atom. The number of nitrogens with two attached hydrogens (primary N) is 2. The van der Waals surface area contributed by atoms with Crippen LogP contribution in [0, 0.1) is 0 Å². The van der Waals surface area contributed by atoms with Crippen LogP contribution in [0.4, 0.5) is 0 Å². The zero-order valence-electron chi connectivity index (χ0n) is 7.45. The number of hydrogen-bond acceptors (Lipinski definition) is 4. The molecule has 12 heavy (non-hydrogen) atoms. The number of rotatable bonds is 4. The fourth-order valence-electron chi connectivity index (χ4n) is 1.23. The molecule has 0 amide bonds. The smallest absolute Gasteiger partial charge is 0.125 e. The lowest BCUT2D eigenvalue weighted by Gasteiger charge is -2.14. The van der Waals surface area contributed by atoms with Gasteiger partial charge in [-0.1, -0.05) is 0 Å². The number of aliphatic imine (C=N–C) groups is 2. The van der Waals surface area contributed by atoms with Crippen LogP contribution in [0.1, 0.15) is 19.8 Å². The highest BCUT2D eigenvalue weighted by molar-refractivity contribution is 5.97. The Bertz CT molecular complexity index is 209. The van der Waals surface area contributed by atoms with Crippen molar-refractivity contribution in [3.63, 3.8) is 0 Å². The van der Waals surface area contributed by atoms with E-state index in [-0.39, 0.29) is 5.54 Å². The highest BCUT2D eigenvalue weighted by Crippen LogP contribution is 2.18. The minimum absolute atomic E-state index is 0.167. The van der Waals surface area contributed by atoms with Crippen molar-refractivity contribution in [3.05, 3.63) is 0 Å². The summed E-state index contributed by atoms with van der Waals surface area (Å²) >= 11 is 0. The van der Waals surface area contributed by atoms with Crippen molar-refractivity contribution in [2.75, 3.05) is 13.1 Å². The summed E-state index contributed by atoms with van der Waals surface area (Å²) < 4.78 is 0. The van der Waals surface area contributed by atoms with Crippen molar-refractivity contribution in [2.24, 2.45) is 21.5 Å². The van der Waals surface area contributed by atoms with Crippen LogP contribution in [0.25, 0.3) is 0 Å². The van der Waals surface area contributed by atoms with Crippen molar-refractivity contribution in [1.29, 1.82) is 0 Å². The Balaban J connectivity index is 2.57. The van der Waals surface area contributed by atoms with E-state index in [1.807, 2.05) is 13.1 Å². The molecule has 1 unspecified atom stereocenters. The molecular weight excluding hydrogens is 152 g/mol. The summed E-state index contributed by atoms with van der Waals surface area (Å²) in [5.41, 5.74) is 10.7. The zero-order valence-corrected chi connectivity index (χ0v) is 7.45. The molecule has 0 aromatic carbocycles. The van der Waals surface area contributed by atoms with E-state index >= 15 is 0 Å². The van der Waals surface area contributed by atoms with Gasteiger partial charge in [-0.05, 0) is 26.4 Å². The van der Waals surface area contributed by atoms with Gasteiger partial charge in [0.25, 0.3) is 0 Å². The molecule has 0 fully saturated rings. The van der Waals surface area contributed by atoms with Gasteiger partial charge in [0, 0.05) is 12.6 Å². The molecule has 0 aromatic heterocycles. The van der Waals surface area contributed by atoms with Crippen LogP contribution < -0.4 is 11.5 Å². The Kier molecular flexibility index (Phi) is 2.94. The second-order valence-electron chi connectivity index (χ2n) is 3.22. The van der Waals surface area contributed by atoms with Gasteiger partial charge in [0.2, 0.25) is 0 Å². The van der Waals surface area contributed by atoms with Gasteiger partial charge in [0.1, 0.15) is 5.84 Å². The third kappa shape index (κ3) is 2.12. The van der Waals surface area contributed by atoms with Gasteiger partial charge >= 0.3 is 0 Å². The van der Waals surface area contributed by atoms with Gasteiger partial charge in [-0.3, -0.25) is 4.99 Å². The average molecular weight is 168 g/mol. The van der Waals surface area contributed by atoms with Crippen LogP contribution in [0.15, 0.2) is 9.98 Å². The first kappa shape index (κ1) is 9.35. The van der Waals surface area contributed by atoms with Crippen LogP contribution in [0.3, 0.4) is 0 Å². The molecule has 0 bridgehead atoms. The first-order chi connectivity index (χ1) is 5.70. The lowest BCUT2D eigenvalue weighted by molar-refractivity contribution is 0.598. The lowest BCUT2D eigenvalue weighted by atomic mass is 10.0. The van der Waals surface area contributed by atoms with Crippen molar-refractivity contribution in [1.82, 2.24) is 0 Å². The quantitative estimate of drug-likeness (QED) is 0.616. The standard InChI is InChI=1S/C8H16N4/c1-8(3-5-10)6-11-7(12-8)2-4-9/h6H,2-5,9-10H2,1H3. The summed E-state index contributed by atoms with van der Waals surface area (Å²) in [4.78, 5) is 8.62. The SMILES string of the molecule is CC1(CCN)C=NC(CCN)=N1. The summed E-state index contributed by atoms with van der Waals surface area (Å²) in [6.07, 6.45) is 3.48. The maximum atomic E-state index is 5.46. The Hall–Kier alpha value is -0.740. The maximum Gasteiger partial charge on any atom is 0.125 e. The molecule has 0 saturated heterocycles. The van der Waals surface area contributed by atoms with E-state index in [0.29, 0.717) is 13.1 Å². The van der Waals surface area contributed by atoms with Crippen LogP contribution in [0.5, 0.6) is 0 Å². The normalized spacial score (nSPS) is 27.8. The summed E-state index contributed by atoms with van der Waals surface area (Å²) in [5, 5.41) is 0. The van der Waals surface area contributed by atoms with Gasteiger partial charge in [-0.15, -0.1) is 0 Å². The predicted octanol–water partition coefficient (Wildman–Crippen LogP) is -0.0744. The fourth-order valence-corrected chi connectivity index (χ4v) is 1.23. The largest absolute Gasteiger partial charge is 0.330 e. The van der Waals surface area contributed by atoms with Gasteiger partial charge < -0.3 is 11.5 Å². The van der Waals surface area contributed by atoms with Gasteiger partial charge in [-0.2, -0.15) is 0 Å². The molecular formula is C8H16N4. The Labute approximate surface area is 72.8 Å². The van der Waals surface area contributed by atoms with Crippen molar-refractivity contribution < 1.29 is 0 Å². The molecule has 0 spiro atoms. The van der Waals surface area contributed by atoms with Crippen LogP contribution in [0.2, 0.25) is 0 Å². The molecule has 4 N–H and O–H groups in total. The minimum atomic E-state index is -0.167. The van der Waals surface area contributed by atoms with E-state index in [2.05, 4.69) is 9.98 Å². The monoisotopic (exact) mass is 168 g/mol. The molecule has 0 aromatic rings. The zero-order chi connectivity index (χ0) is 9.03. The second kappa shape index (κ2) is 3.78. The summed E-state index contributed by atoms with van der Waals surface area (Å²) in [7, 11) is 0. The van der Waals surface area contributed by atoms with E-state index in [9.17, 15) is 0 Å². The van der Waals surface area contributed by atoms with E-state index in [0.717, 1.165) is 18.7 Å². The second-order valence-corrected chi connectivity index (χ2v) is 3.22. The number of amidine groups is 1. The maximum absolute atomic E-state index is 5.46. The summed E-state index contributed by atoms with van der Waals surface area (Å²) in [6.45, 7) is 3.28. The molecule has 0 radical (unpaired) electrons. The van der Waals surface area contributed by atoms with E-state index in [1.165, 1.54) is 0 Å². The first-order valence-electron chi connectivity index (χ1n) is 4.24. The van der Waals surface area contributed by atoms with Crippen molar-refractivity contribution in [2.45, 2.75) is 25.3 Å². The minimum Gasteiger partial charge on any atom is -0.330 e. The third-order valence-corrected chi connectivity index (χ3v) is 1.89. The topological polar surface area (TPSA) is 76.8 Å². The predicted molar refractivity (Wildman–Crippen MR) is 51.7 cm³/mol. The first-order valence-corrected chi connectivity index (χ1v) is 4.24. The Morgan fingerprint density at radius 2 is 2.17 bits per heavy atom. The number of hydrogen-bond donors (Lipinski definition) is 2. The molecule has 1 atom stereocenters. The van der Waals surface area contributed by atoms with E-state index in [4.69, 9.17) is 11.5 Å². The van der Waals surface area contributed by atoms with Gasteiger partial charge in [-0.25, -0.2) is 4.99 Å². The van der Waals surface area contributed by atoms with Crippen LogP contribution >= 0.6 is 0 Å². The average Bonchev–Trinajstić information content (AvgIpc) is 2.34.